The zero-order chi connectivity index (χ0) is 9.68. The molecule has 13 heavy (non-hydrogen) atoms. The smallest absolute Gasteiger partial charge is 0.304 e. The van der Waals surface area contributed by atoms with E-state index in [1.807, 2.05) is 12.1 Å². The van der Waals surface area contributed by atoms with Crippen LogP contribution in [0, 0.1) is 0 Å². The Bertz CT molecular complexity index is 287. The molecule has 1 heterocycles. The maximum absolute atomic E-state index is 10.2. The molecule has 0 atom stereocenters. The van der Waals surface area contributed by atoms with Gasteiger partial charge in [0, 0.05) is 18.0 Å². The maximum atomic E-state index is 10.2. The highest BCUT2D eigenvalue weighted by atomic mass is 35.5. The van der Waals surface area contributed by atoms with Crippen LogP contribution in [0.1, 0.15) is 11.3 Å². The first-order valence-corrected chi connectivity index (χ1v) is 5.04. The molecule has 3 nitrogen and oxygen atoms in total. The quantitative estimate of drug-likeness (QED) is 0.745. The topological polar surface area (TPSA) is 49.3 Å². The molecule has 0 amide bonds. The van der Waals surface area contributed by atoms with E-state index in [4.69, 9.17) is 16.7 Å². The number of thiophene rings is 1. The third-order valence-corrected chi connectivity index (χ3v) is 2.67. The van der Waals surface area contributed by atoms with Crippen LogP contribution in [0.15, 0.2) is 12.1 Å². The molecule has 5 heteroatoms. The summed E-state index contributed by atoms with van der Waals surface area (Å²) in [5.41, 5.74) is 0. The summed E-state index contributed by atoms with van der Waals surface area (Å²) in [6, 6.07) is 3.77. The molecule has 0 aliphatic heterocycles. The number of carboxylic acids is 1. The minimum atomic E-state index is -0.781. The molecule has 0 aliphatic rings. The predicted octanol–water partition coefficient (Wildman–Crippen LogP) is 1.97. The van der Waals surface area contributed by atoms with Crippen LogP contribution in [0.4, 0.5) is 0 Å². The molecule has 0 saturated carbocycles. The van der Waals surface area contributed by atoms with Crippen LogP contribution < -0.4 is 5.32 Å². The minimum Gasteiger partial charge on any atom is -0.481 e. The Kier molecular flexibility index (Phi) is 4.21. The molecule has 1 aromatic rings. The normalized spacial score (nSPS) is 10.2. The largest absolute Gasteiger partial charge is 0.481 e. The van der Waals surface area contributed by atoms with E-state index in [0.717, 1.165) is 9.21 Å². The molecule has 72 valence electrons. The van der Waals surface area contributed by atoms with Crippen LogP contribution in [0.5, 0.6) is 0 Å². The van der Waals surface area contributed by atoms with E-state index in [2.05, 4.69) is 5.32 Å². The molecule has 0 saturated heterocycles. The SMILES string of the molecule is O=C(O)CCNCc1ccc(Cl)s1. The first-order chi connectivity index (χ1) is 6.18. The molecule has 1 aromatic heterocycles. The lowest BCUT2D eigenvalue weighted by atomic mass is 10.4. The highest BCUT2D eigenvalue weighted by molar-refractivity contribution is 7.16. The standard InChI is InChI=1S/C8H10ClNO2S/c9-7-2-1-6(13-7)5-10-4-3-8(11)12/h1-2,10H,3-5H2,(H,11,12). The Hall–Kier alpha value is -0.580. The zero-order valence-electron chi connectivity index (χ0n) is 6.92. The summed E-state index contributed by atoms with van der Waals surface area (Å²) in [5.74, 6) is -0.781. The third-order valence-electron chi connectivity index (χ3n) is 1.44. The van der Waals surface area contributed by atoms with Gasteiger partial charge < -0.3 is 10.4 Å². The van der Waals surface area contributed by atoms with Gasteiger partial charge in [-0.05, 0) is 12.1 Å². The Morgan fingerprint density at radius 2 is 2.38 bits per heavy atom. The van der Waals surface area contributed by atoms with Crippen LogP contribution >= 0.6 is 22.9 Å². The number of halogens is 1. The van der Waals surface area contributed by atoms with Crippen molar-refractivity contribution in [1.82, 2.24) is 5.32 Å². The second kappa shape index (κ2) is 5.21. The predicted molar refractivity (Wildman–Crippen MR) is 53.3 cm³/mol. The number of hydrogen-bond acceptors (Lipinski definition) is 3. The lowest BCUT2D eigenvalue weighted by Crippen LogP contribution is -2.16. The maximum Gasteiger partial charge on any atom is 0.304 e. The van der Waals surface area contributed by atoms with Crippen molar-refractivity contribution >= 4 is 28.9 Å². The molecule has 1 rings (SSSR count). The second-order valence-corrected chi connectivity index (χ2v) is 4.33. The fraction of sp³-hybridized carbons (Fsp3) is 0.375. The first kappa shape index (κ1) is 10.5. The molecule has 0 unspecified atom stereocenters. The molecule has 0 bridgehead atoms. The number of rotatable bonds is 5. The van der Waals surface area contributed by atoms with Crippen molar-refractivity contribution in [2.75, 3.05) is 6.54 Å². The Balaban J connectivity index is 2.16. The lowest BCUT2D eigenvalue weighted by Gasteiger charge is -1.98. The van der Waals surface area contributed by atoms with Crippen LogP contribution in [-0.2, 0) is 11.3 Å². The van der Waals surface area contributed by atoms with Gasteiger partial charge >= 0.3 is 5.97 Å². The summed E-state index contributed by atoms with van der Waals surface area (Å²) in [5, 5.41) is 11.4. The number of nitrogens with one attached hydrogen (secondary N) is 1. The van der Waals surface area contributed by atoms with Gasteiger partial charge in [0.15, 0.2) is 0 Å². The number of hydrogen-bond donors (Lipinski definition) is 2. The van der Waals surface area contributed by atoms with Gasteiger partial charge in [0.2, 0.25) is 0 Å². The van der Waals surface area contributed by atoms with E-state index in [-0.39, 0.29) is 6.42 Å². The summed E-state index contributed by atoms with van der Waals surface area (Å²) < 4.78 is 0.759. The van der Waals surface area contributed by atoms with E-state index < -0.39 is 5.97 Å². The van der Waals surface area contributed by atoms with Crippen LogP contribution in [0.2, 0.25) is 4.34 Å². The van der Waals surface area contributed by atoms with Crippen molar-refractivity contribution in [1.29, 1.82) is 0 Å². The second-order valence-electron chi connectivity index (χ2n) is 2.53. The van der Waals surface area contributed by atoms with E-state index in [1.165, 1.54) is 11.3 Å². The number of aliphatic carboxylic acids is 1. The van der Waals surface area contributed by atoms with Gasteiger partial charge in [-0.3, -0.25) is 4.79 Å². The lowest BCUT2D eigenvalue weighted by molar-refractivity contribution is -0.136. The van der Waals surface area contributed by atoms with E-state index in [1.54, 1.807) is 0 Å². The fourth-order valence-corrected chi connectivity index (χ4v) is 1.91. The Morgan fingerprint density at radius 1 is 1.62 bits per heavy atom. The van der Waals surface area contributed by atoms with E-state index in [0.29, 0.717) is 13.1 Å². The van der Waals surface area contributed by atoms with Crippen LogP contribution in [-0.4, -0.2) is 17.6 Å². The van der Waals surface area contributed by atoms with Crippen molar-refractivity contribution in [3.8, 4) is 0 Å². The van der Waals surface area contributed by atoms with Gasteiger partial charge in [-0.25, -0.2) is 0 Å². The molecule has 0 radical (unpaired) electrons. The zero-order valence-corrected chi connectivity index (χ0v) is 8.49. The summed E-state index contributed by atoms with van der Waals surface area (Å²) in [6.07, 6.45) is 0.152. The highest BCUT2D eigenvalue weighted by Crippen LogP contribution is 2.20. The van der Waals surface area contributed by atoms with Crippen LogP contribution in [0.3, 0.4) is 0 Å². The number of carboxylic acid groups (broad SMARTS) is 1. The summed E-state index contributed by atoms with van der Waals surface area (Å²) >= 11 is 7.22. The summed E-state index contributed by atoms with van der Waals surface area (Å²) in [6.45, 7) is 1.18. The Morgan fingerprint density at radius 3 is 2.92 bits per heavy atom. The van der Waals surface area contributed by atoms with Gasteiger partial charge in [-0.15, -0.1) is 11.3 Å². The molecule has 0 aliphatic carbocycles. The van der Waals surface area contributed by atoms with Crippen LogP contribution in [0.25, 0.3) is 0 Å². The minimum absolute atomic E-state index is 0.152. The molecular weight excluding hydrogens is 210 g/mol. The fourth-order valence-electron chi connectivity index (χ4n) is 0.854. The van der Waals surface area contributed by atoms with E-state index in [9.17, 15) is 4.79 Å². The monoisotopic (exact) mass is 219 g/mol. The number of carbonyl (C=O) groups is 1. The van der Waals surface area contributed by atoms with Crippen molar-refractivity contribution in [2.45, 2.75) is 13.0 Å². The van der Waals surface area contributed by atoms with E-state index >= 15 is 0 Å². The van der Waals surface area contributed by atoms with Crippen molar-refractivity contribution in [2.24, 2.45) is 0 Å². The van der Waals surface area contributed by atoms with Gasteiger partial charge in [-0.1, -0.05) is 11.6 Å². The molecule has 0 spiro atoms. The van der Waals surface area contributed by atoms with Gasteiger partial charge in [0.1, 0.15) is 0 Å². The highest BCUT2D eigenvalue weighted by Gasteiger charge is 1.98. The van der Waals surface area contributed by atoms with Gasteiger partial charge in [0.25, 0.3) is 0 Å². The third kappa shape index (κ3) is 4.26. The summed E-state index contributed by atoms with van der Waals surface area (Å²) in [4.78, 5) is 11.3. The average molecular weight is 220 g/mol. The molecule has 0 fully saturated rings. The summed E-state index contributed by atoms with van der Waals surface area (Å²) in [7, 11) is 0. The van der Waals surface area contributed by atoms with Crippen molar-refractivity contribution in [3.63, 3.8) is 0 Å². The molecule has 0 aromatic carbocycles. The first-order valence-electron chi connectivity index (χ1n) is 3.85. The molecule has 2 N–H and O–H groups in total. The van der Waals surface area contributed by atoms with Crippen molar-refractivity contribution in [3.05, 3.63) is 21.3 Å². The van der Waals surface area contributed by atoms with Gasteiger partial charge in [-0.2, -0.15) is 0 Å². The van der Waals surface area contributed by atoms with Gasteiger partial charge in [0.05, 0.1) is 10.8 Å². The average Bonchev–Trinajstić information content (AvgIpc) is 2.45. The molecular formula is C8H10ClNO2S. The van der Waals surface area contributed by atoms with Crippen molar-refractivity contribution < 1.29 is 9.90 Å². The Labute approximate surface area is 85.3 Å².